The van der Waals surface area contributed by atoms with Crippen LogP contribution in [0.4, 0.5) is 0 Å². The van der Waals surface area contributed by atoms with Crippen molar-refractivity contribution in [2.45, 2.75) is 9.96 Å². The Morgan fingerprint density at radius 1 is 1.33 bits per heavy atom. The molecule has 6 nitrogen and oxygen atoms in total. The molecule has 1 atom stereocenters. The number of hydrogen-bond acceptors (Lipinski definition) is 4. The molecule has 0 spiro atoms. The van der Waals surface area contributed by atoms with Gasteiger partial charge in [-0.25, -0.2) is 4.57 Å². The van der Waals surface area contributed by atoms with Gasteiger partial charge in [-0.1, -0.05) is 34.8 Å². The van der Waals surface area contributed by atoms with E-state index in [4.69, 9.17) is 34.8 Å². The number of rotatable bonds is 6. The van der Waals surface area contributed by atoms with Gasteiger partial charge in [0, 0.05) is 14.2 Å². The number of alkyl halides is 3. The van der Waals surface area contributed by atoms with E-state index in [9.17, 15) is 9.36 Å². The van der Waals surface area contributed by atoms with Gasteiger partial charge in [0.1, 0.15) is 6.17 Å². The second kappa shape index (κ2) is 6.25. The molecule has 0 heterocycles. The molecule has 1 unspecified atom stereocenters. The van der Waals surface area contributed by atoms with Crippen molar-refractivity contribution in [3.05, 3.63) is 0 Å². The second-order valence-corrected chi connectivity index (χ2v) is 6.60. The molecule has 0 radical (unpaired) electrons. The van der Waals surface area contributed by atoms with Crippen molar-refractivity contribution >= 4 is 49.0 Å². The molecule has 0 aromatic carbocycles. The van der Waals surface area contributed by atoms with E-state index in [1.54, 1.807) is 0 Å². The number of nitrogens with one attached hydrogen (secondary N) is 2. The Hall–Kier alpha value is 0.450. The fourth-order valence-corrected chi connectivity index (χ4v) is 2.14. The van der Waals surface area contributed by atoms with Crippen LogP contribution in [0.1, 0.15) is 0 Å². The average molecular weight is 299 g/mol. The van der Waals surface area contributed by atoms with Crippen LogP contribution in [0.15, 0.2) is 0 Å². The minimum absolute atomic E-state index is 0.287. The van der Waals surface area contributed by atoms with Crippen molar-refractivity contribution in [1.29, 1.82) is 0 Å². The lowest BCUT2D eigenvalue weighted by Gasteiger charge is -2.27. The Labute approximate surface area is 102 Å². The number of carbonyl (C=O) groups excluding carboxylic acids is 1. The summed E-state index contributed by atoms with van der Waals surface area (Å²) >= 11 is 16.5. The van der Waals surface area contributed by atoms with Gasteiger partial charge in [-0.3, -0.25) is 4.79 Å². The van der Waals surface area contributed by atoms with Crippen LogP contribution in [0.3, 0.4) is 0 Å². The lowest BCUT2D eigenvalue weighted by molar-refractivity contribution is -0.110. The van der Waals surface area contributed by atoms with Crippen molar-refractivity contribution in [2.75, 3.05) is 14.2 Å². The summed E-state index contributed by atoms with van der Waals surface area (Å²) in [7, 11) is -1.30. The summed E-state index contributed by atoms with van der Waals surface area (Å²) < 4.78 is 18.8. The summed E-state index contributed by atoms with van der Waals surface area (Å²) in [5.74, 6) is 0. The summed E-state index contributed by atoms with van der Waals surface area (Å²) in [6.07, 6.45) is -0.916. The van der Waals surface area contributed by atoms with Crippen molar-refractivity contribution < 1.29 is 18.4 Å². The number of amides is 1. The third-order valence-corrected chi connectivity index (χ3v) is 3.52. The fourth-order valence-electron chi connectivity index (χ4n) is 0.611. The number of halogens is 3. The quantitative estimate of drug-likeness (QED) is 0.336. The normalized spacial score (nSPS) is 14.7. The number of hydrogen-bond donors (Lipinski definition) is 2. The fraction of sp³-hybridized carbons (Fsp3) is 0.800. The molecular weight excluding hydrogens is 289 g/mol. The highest BCUT2D eigenvalue weighted by molar-refractivity contribution is 7.51. The van der Waals surface area contributed by atoms with E-state index in [0.717, 1.165) is 14.2 Å². The Morgan fingerprint density at radius 2 is 1.80 bits per heavy atom. The van der Waals surface area contributed by atoms with Crippen molar-refractivity contribution in [1.82, 2.24) is 10.4 Å². The maximum absolute atomic E-state index is 11.6. The minimum Gasteiger partial charge on any atom is -0.339 e. The second-order valence-electron chi connectivity index (χ2n) is 2.25. The first-order chi connectivity index (χ1) is 6.79. The first-order valence-corrected chi connectivity index (χ1v) is 6.22. The molecule has 0 fully saturated rings. The number of carbonyl (C=O) groups is 1. The predicted octanol–water partition coefficient (Wildman–Crippen LogP) is 1.42. The molecule has 10 heteroatoms. The topological polar surface area (TPSA) is 76.7 Å². The highest BCUT2D eigenvalue weighted by Crippen LogP contribution is 2.44. The minimum atomic E-state index is -3.59. The molecular formula is C5H10Cl3N2O4P. The molecule has 0 saturated carbocycles. The Morgan fingerprint density at radius 3 is 2.07 bits per heavy atom. The summed E-state index contributed by atoms with van der Waals surface area (Å²) in [6.45, 7) is 0. The lowest BCUT2D eigenvalue weighted by atomic mass is 10.6. The third kappa shape index (κ3) is 5.36. The summed E-state index contributed by atoms with van der Waals surface area (Å²) in [5.41, 5.74) is 0. The highest BCUT2D eigenvalue weighted by Gasteiger charge is 2.38. The Balaban J connectivity index is 4.68. The maximum Gasteiger partial charge on any atom is 0.406 e. The van der Waals surface area contributed by atoms with E-state index < -0.39 is 17.7 Å². The lowest BCUT2D eigenvalue weighted by Crippen LogP contribution is -2.49. The molecule has 2 N–H and O–H groups in total. The Kier molecular flexibility index (Phi) is 6.44. The van der Waals surface area contributed by atoms with E-state index in [-0.39, 0.29) is 6.41 Å². The van der Waals surface area contributed by atoms with E-state index in [1.807, 2.05) is 0 Å². The van der Waals surface area contributed by atoms with Crippen LogP contribution in [0.5, 0.6) is 0 Å². The molecule has 15 heavy (non-hydrogen) atoms. The molecule has 90 valence electrons. The van der Waals surface area contributed by atoms with Gasteiger partial charge in [-0.2, -0.15) is 5.09 Å². The van der Waals surface area contributed by atoms with Crippen LogP contribution in [0.2, 0.25) is 0 Å². The molecule has 0 saturated heterocycles. The van der Waals surface area contributed by atoms with Crippen LogP contribution in [0.25, 0.3) is 0 Å². The average Bonchev–Trinajstić information content (AvgIpc) is 2.15. The van der Waals surface area contributed by atoms with Gasteiger partial charge in [0.15, 0.2) is 0 Å². The molecule has 0 aliphatic carbocycles. The summed E-state index contributed by atoms with van der Waals surface area (Å²) in [4.78, 5) is 10.2. The van der Waals surface area contributed by atoms with Gasteiger partial charge >= 0.3 is 7.75 Å². The largest absolute Gasteiger partial charge is 0.406 e. The van der Waals surface area contributed by atoms with Gasteiger partial charge in [0.25, 0.3) is 0 Å². The first kappa shape index (κ1) is 15.4. The van der Waals surface area contributed by atoms with Crippen LogP contribution in [-0.4, -0.2) is 30.6 Å². The van der Waals surface area contributed by atoms with E-state index in [1.165, 1.54) is 0 Å². The monoisotopic (exact) mass is 298 g/mol. The van der Waals surface area contributed by atoms with Crippen molar-refractivity contribution in [2.24, 2.45) is 0 Å². The van der Waals surface area contributed by atoms with Gasteiger partial charge in [-0.15, -0.1) is 0 Å². The third-order valence-electron chi connectivity index (χ3n) is 1.33. The first-order valence-electron chi connectivity index (χ1n) is 3.55. The maximum atomic E-state index is 11.6. The van der Waals surface area contributed by atoms with Gasteiger partial charge in [0.05, 0.1) is 0 Å². The summed E-state index contributed by atoms with van der Waals surface area (Å²) in [6, 6.07) is 0. The standard InChI is InChI=1S/C5H10Cl3N2O4P/c1-13-15(12,14-2)10-4(9-3-11)5(6,7)8/h3-4H,1-2H3,(H,9,11)(H,10,12). The summed E-state index contributed by atoms with van der Waals surface area (Å²) in [5, 5.41) is 4.37. The zero-order valence-electron chi connectivity index (χ0n) is 7.87. The van der Waals surface area contributed by atoms with Crippen molar-refractivity contribution in [3.63, 3.8) is 0 Å². The molecule has 0 aliphatic heterocycles. The molecule has 0 aromatic heterocycles. The smallest absolute Gasteiger partial charge is 0.339 e. The van der Waals surface area contributed by atoms with Gasteiger partial charge in [-0.05, 0) is 0 Å². The predicted molar refractivity (Wildman–Crippen MR) is 58.0 cm³/mol. The van der Waals surface area contributed by atoms with Crippen LogP contribution in [-0.2, 0) is 18.4 Å². The zero-order valence-corrected chi connectivity index (χ0v) is 11.0. The zero-order chi connectivity index (χ0) is 12.1. The SMILES string of the molecule is COP(=O)(NC(NC=O)C(Cl)(Cl)Cl)OC. The van der Waals surface area contributed by atoms with Gasteiger partial charge < -0.3 is 14.4 Å². The highest BCUT2D eigenvalue weighted by atomic mass is 35.6. The van der Waals surface area contributed by atoms with Gasteiger partial charge in [0.2, 0.25) is 10.2 Å². The van der Waals surface area contributed by atoms with Crippen LogP contribution in [0, 0.1) is 0 Å². The molecule has 0 aliphatic rings. The van der Waals surface area contributed by atoms with E-state index in [0.29, 0.717) is 0 Å². The van der Waals surface area contributed by atoms with E-state index >= 15 is 0 Å². The molecule has 0 bridgehead atoms. The molecule has 1 amide bonds. The van der Waals surface area contributed by atoms with Crippen LogP contribution >= 0.6 is 42.5 Å². The molecule has 0 rings (SSSR count). The van der Waals surface area contributed by atoms with Crippen molar-refractivity contribution in [3.8, 4) is 0 Å². The van der Waals surface area contributed by atoms with E-state index in [2.05, 4.69) is 19.5 Å². The molecule has 0 aromatic rings. The van der Waals surface area contributed by atoms with Crippen LogP contribution < -0.4 is 10.4 Å². The Bertz CT molecular complexity index is 251.